The van der Waals surface area contributed by atoms with Crippen molar-refractivity contribution in [1.82, 2.24) is 0 Å². The van der Waals surface area contributed by atoms with E-state index in [0.717, 1.165) is 6.07 Å². The summed E-state index contributed by atoms with van der Waals surface area (Å²) in [5.41, 5.74) is 0.396. The Kier molecular flexibility index (Phi) is 6.62. The highest BCUT2D eigenvalue weighted by Gasteiger charge is 2.44. The topological polar surface area (TPSA) is 27.7 Å². The summed E-state index contributed by atoms with van der Waals surface area (Å²) in [6.45, 7) is 7.54. The summed E-state index contributed by atoms with van der Waals surface area (Å²) in [5, 5.41) is 0.703. The highest BCUT2D eigenvalue weighted by molar-refractivity contribution is 6.75. The van der Waals surface area contributed by atoms with Gasteiger partial charge in [-0.05, 0) is 39.3 Å². The number of benzene rings is 2. The quantitative estimate of drug-likeness (QED) is 0.523. The number of hydrogen-bond acceptors (Lipinski definition) is 3. The Morgan fingerprint density at radius 3 is 1.73 bits per heavy atom. The lowest BCUT2D eigenvalue weighted by Crippen LogP contribution is -2.58. The van der Waals surface area contributed by atoms with Crippen LogP contribution in [0.5, 0.6) is 0 Å². The Labute approximate surface area is 153 Å². The molecule has 0 spiro atoms. The van der Waals surface area contributed by atoms with Crippen molar-refractivity contribution in [3.63, 3.8) is 0 Å². The third-order valence-corrected chi connectivity index (χ3v) is 6.75. The maximum absolute atomic E-state index is 14.0. The van der Waals surface area contributed by atoms with Gasteiger partial charge >= 0.3 is 8.80 Å². The predicted molar refractivity (Wildman–Crippen MR) is 96.6 cm³/mol. The van der Waals surface area contributed by atoms with Crippen LogP contribution >= 0.6 is 0 Å². The van der Waals surface area contributed by atoms with Crippen molar-refractivity contribution in [3.8, 4) is 11.1 Å². The number of halogens is 3. The summed E-state index contributed by atoms with van der Waals surface area (Å²) >= 11 is 0. The van der Waals surface area contributed by atoms with E-state index in [9.17, 15) is 13.2 Å². The molecule has 142 valence electrons. The fourth-order valence-corrected chi connectivity index (χ4v) is 5.17. The van der Waals surface area contributed by atoms with E-state index < -0.39 is 26.3 Å². The molecule has 0 amide bonds. The van der Waals surface area contributed by atoms with Crippen LogP contribution in [-0.4, -0.2) is 28.1 Å². The van der Waals surface area contributed by atoms with E-state index in [2.05, 4.69) is 0 Å². The normalized spacial score (nSPS) is 12.2. The van der Waals surface area contributed by atoms with E-state index in [1.165, 1.54) is 7.11 Å². The summed E-state index contributed by atoms with van der Waals surface area (Å²) in [6.07, 6.45) is -0.243. The Morgan fingerprint density at radius 2 is 1.27 bits per heavy atom. The molecule has 0 heterocycles. The summed E-state index contributed by atoms with van der Waals surface area (Å²) in [4.78, 5) is 0. The fraction of sp³-hybridized carbons (Fsp3) is 0.368. The molecule has 0 saturated carbocycles. The molecule has 0 radical (unpaired) electrons. The van der Waals surface area contributed by atoms with Gasteiger partial charge in [-0.25, -0.2) is 13.2 Å². The zero-order valence-corrected chi connectivity index (χ0v) is 16.5. The lowest BCUT2D eigenvalue weighted by molar-refractivity contribution is 0.0456. The van der Waals surface area contributed by atoms with Crippen molar-refractivity contribution >= 4 is 14.0 Å². The van der Waals surface area contributed by atoms with E-state index in [-0.39, 0.29) is 17.8 Å². The summed E-state index contributed by atoms with van der Waals surface area (Å²) in [7, 11) is -1.63. The van der Waals surface area contributed by atoms with Gasteiger partial charge in [-0.2, -0.15) is 0 Å². The average Bonchev–Trinajstić information content (AvgIpc) is 2.57. The van der Waals surface area contributed by atoms with Gasteiger partial charge in [0.05, 0.1) is 0 Å². The van der Waals surface area contributed by atoms with E-state index in [0.29, 0.717) is 16.8 Å². The highest BCUT2D eigenvalue weighted by atomic mass is 28.4. The van der Waals surface area contributed by atoms with Gasteiger partial charge in [0.2, 0.25) is 0 Å². The molecule has 0 N–H and O–H groups in total. The number of rotatable bonds is 7. The Bertz CT molecular complexity index is 738. The van der Waals surface area contributed by atoms with Gasteiger partial charge in [0, 0.05) is 36.1 Å². The second-order valence-electron chi connectivity index (χ2n) is 6.42. The minimum atomic E-state index is -3.16. The first-order valence-corrected chi connectivity index (χ1v) is 10.1. The molecular formula is C19H23F3O3Si. The standard InChI is InChI=1S/C19H23F3O3Si/c1-12(2)24-26(23-5,25-13(3)4)15-8-6-14(7-9-15)16-10-18(21)19(22)11-17(16)20/h6-13H,1-5H3. The third-order valence-electron chi connectivity index (χ3n) is 3.61. The van der Waals surface area contributed by atoms with Crippen LogP contribution in [0.25, 0.3) is 11.1 Å². The molecule has 0 atom stereocenters. The first-order chi connectivity index (χ1) is 12.2. The van der Waals surface area contributed by atoms with E-state index >= 15 is 0 Å². The van der Waals surface area contributed by atoms with Crippen LogP contribution in [-0.2, 0) is 13.3 Å². The van der Waals surface area contributed by atoms with Gasteiger partial charge in [0.15, 0.2) is 11.6 Å². The van der Waals surface area contributed by atoms with Crippen molar-refractivity contribution in [2.24, 2.45) is 0 Å². The average molecular weight is 384 g/mol. The maximum atomic E-state index is 14.0. The molecule has 0 saturated heterocycles. The molecule has 0 bridgehead atoms. The fourth-order valence-electron chi connectivity index (χ4n) is 2.60. The minimum absolute atomic E-state index is 0.0188. The third kappa shape index (κ3) is 4.53. The summed E-state index contributed by atoms with van der Waals surface area (Å²) in [6, 6.07) is 8.01. The molecule has 0 aliphatic carbocycles. The van der Waals surface area contributed by atoms with Crippen LogP contribution < -0.4 is 5.19 Å². The molecule has 2 aromatic rings. The summed E-state index contributed by atoms with van der Waals surface area (Å²) < 4.78 is 58.2. The van der Waals surface area contributed by atoms with Crippen LogP contribution in [0.4, 0.5) is 13.2 Å². The Morgan fingerprint density at radius 1 is 0.769 bits per heavy atom. The molecule has 3 nitrogen and oxygen atoms in total. The smallest absolute Gasteiger partial charge is 0.373 e. The van der Waals surface area contributed by atoms with Crippen molar-refractivity contribution in [3.05, 3.63) is 53.8 Å². The van der Waals surface area contributed by atoms with Crippen molar-refractivity contribution in [2.45, 2.75) is 39.9 Å². The molecule has 2 aromatic carbocycles. The van der Waals surface area contributed by atoms with Crippen molar-refractivity contribution in [2.75, 3.05) is 7.11 Å². The monoisotopic (exact) mass is 384 g/mol. The first kappa shape index (κ1) is 20.6. The molecule has 0 fully saturated rings. The van der Waals surface area contributed by atoms with Crippen LogP contribution in [0.3, 0.4) is 0 Å². The molecule has 2 rings (SSSR count). The minimum Gasteiger partial charge on any atom is -0.373 e. The molecule has 0 unspecified atom stereocenters. The van der Waals surface area contributed by atoms with E-state index in [4.69, 9.17) is 13.3 Å². The van der Waals surface area contributed by atoms with Crippen molar-refractivity contribution < 1.29 is 26.4 Å². The molecule has 7 heteroatoms. The van der Waals surface area contributed by atoms with Gasteiger partial charge in [-0.1, -0.05) is 24.3 Å². The van der Waals surface area contributed by atoms with Crippen LogP contribution in [0, 0.1) is 17.5 Å². The largest absolute Gasteiger partial charge is 0.537 e. The second kappa shape index (κ2) is 8.35. The van der Waals surface area contributed by atoms with Gasteiger partial charge in [-0.15, -0.1) is 0 Å². The van der Waals surface area contributed by atoms with Crippen LogP contribution in [0.2, 0.25) is 0 Å². The zero-order valence-electron chi connectivity index (χ0n) is 15.5. The second-order valence-corrected chi connectivity index (χ2v) is 8.99. The molecule has 0 aliphatic heterocycles. The molecule has 0 aromatic heterocycles. The van der Waals surface area contributed by atoms with Gasteiger partial charge in [-0.3, -0.25) is 0 Å². The molecule has 26 heavy (non-hydrogen) atoms. The Hall–Kier alpha value is -1.67. The SMILES string of the molecule is CO[Si](OC(C)C)(OC(C)C)c1ccc(-c2cc(F)c(F)cc2F)cc1. The van der Waals surface area contributed by atoms with Crippen LogP contribution in [0.1, 0.15) is 27.7 Å². The molecular weight excluding hydrogens is 361 g/mol. The summed E-state index contributed by atoms with van der Waals surface area (Å²) in [5.74, 6) is -3.15. The van der Waals surface area contributed by atoms with E-state index in [1.807, 2.05) is 27.7 Å². The van der Waals surface area contributed by atoms with Gasteiger partial charge < -0.3 is 13.3 Å². The lowest BCUT2D eigenvalue weighted by atomic mass is 10.1. The van der Waals surface area contributed by atoms with E-state index in [1.54, 1.807) is 24.3 Å². The predicted octanol–water partition coefficient (Wildman–Crippen LogP) is 4.41. The van der Waals surface area contributed by atoms with Gasteiger partial charge in [0.1, 0.15) is 5.82 Å². The Balaban J connectivity index is 2.44. The first-order valence-electron chi connectivity index (χ1n) is 8.34. The maximum Gasteiger partial charge on any atom is 0.537 e. The van der Waals surface area contributed by atoms with Crippen LogP contribution in [0.15, 0.2) is 36.4 Å². The number of hydrogen-bond donors (Lipinski definition) is 0. The zero-order chi connectivity index (χ0) is 19.5. The lowest BCUT2D eigenvalue weighted by Gasteiger charge is -2.32. The van der Waals surface area contributed by atoms with Crippen molar-refractivity contribution in [1.29, 1.82) is 0 Å². The van der Waals surface area contributed by atoms with Gasteiger partial charge in [0.25, 0.3) is 0 Å². The highest BCUT2D eigenvalue weighted by Crippen LogP contribution is 2.25. The molecule has 0 aliphatic rings.